The molecule has 0 aliphatic carbocycles. The van der Waals surface area contributed by atoms with Crippen LogP contribution in [0.2, 0.25) is 5.02 Å². The van der Waals surface area contributed by atoms with Crippen molar-refractivity contribution in [3.63, 3.8) is 0 Å². The fourth-order valence-electron chi connectivity index (χ4n) is 3.02. The fourth-order valence-corrected chi connectivity index (χ4v) is 4.85. The van der Waals surface area contributed by atoms with Crippen molar-refractivity contribution in [2.24, 2.45) is 0 Å². The van der Waals surface area contributed by atoms with E-state index in [-0.39, 0.29) is 11.7 Å². The Labute approximate surface area is 205 Å². The molecule has 33 heavy (non-hydrogen) atoms. The molecule has 0 aliphatic heterocycles. The topological polar surface area (TPSA) is 77.0 Å². The number of thiazole rings is 1. The Morgan fingerprint density at radius 1 is 1.09 bits per heavy atom. The molecule has 0 saturated carbocycles. The lowest BCUT2D eigenvalue weighted by Crippen LogP contribution is -2.14. The number of aryl methyl sites for hydroxylation is 2. The molecule has 9 heteroatoms. The number of benzene rings is 2. The Hall–Kier alpha value is -2.94. The van der Waals surface area contributed by atoms with E-state index in [9.17, 15) is 4.79 Å². The summed E-state index contributed by atoms with van der Waals surface area (Å²) in [6.07, 6.45) is 0. The van der Waals surface area contributed by atoms with Gasteiger partial charge in [0.2, 0.25) is 5.91 Å². The number of thioether (sulfide) groups is 1. The summed E-state index contributed by atoms with van der Waals surface area (Å²) in [5.74, 6) is 0.900. The van der Waals surface area contributed by atoms with Gasteiger partial charge in [0.05, 0.1) is 23.4 Å². The number of ether oxygens (including phenoxy) is 1. The molecule has 1 N–H and O–H groups in total. The van der Waals surface area contributed by atoms with Crippen LogP contribution in [-0.2, 0) is 4.79 Å². The minimum absolute atomic E-state index is 0.131. The van der Waals surface area contributed by atoms with E-state index in [0.29, 0.717) is 15.7 Å². The number of nitrogens with one attached hydrogen (secondary N) is 1. The number of hydrogen-bond donors (Lipinski definition) is 1. The summed E-state index contributed by atoms with van der Waals surface area (Å²) in [4.78, 5) is 17.9. The second kappa shape index (κ2) is 10.3. The highest BCUT2D eigenvalue weighted by Crippen LogP contribution is 2.35. The predicted octanol–water partition coefficient (Wildman–Crippen LogP) is 6.28. The molecule has 0 bridgehead atoms. The van der Waals surface area contributed by atoms with E-state index < -0.39 is 0 Å². The number of methoxy groups -OCH3 is 1. The molecule has 0 saturated heterocycles. The second-order valence-electron chi connectivity index (χ2n) is 7.22. The van der Waals surface area contributed by atoms with E-state index >= 15 is 0 Å². The van der Waals surface area contributed by atoms with Gasteiger partial charge in [0.25, 0.3) is 0 Å². The van der Waals surface area contributed by atoms with Crippen LogP contribution >= 0.6 is 34.7 Å². The van der Waals surface area contributed by atoms with Crippen LogP contribution in [0.4, 0.5) is 5.69 Å². The maximum atomic E-state index is 12.3. The van der Waals surface area contributed by atoms with Crippen LogP contribution in [0.25, 0.3) is 21.1 Å². The third-order valence-corrected chi connectivity index (χ3v) is 7.37. The van der Waals surface area contributed by atoms with Crippen LogP contribution in [0.15, 0.2) is 59.6 Å². The quantitative estimate of drug-likeness (QED) is 0.303. The van der Waals surface area contributed by atoms with Crippen LogP contribution in [0.5, 0.6) is 5.75 Å². The van der Waals surface area contributed by atoms with E-state index in [1.165, 1.54) is 11.8 Å². The molecule has 0 aliphatic rings. The van der Waals surface area contributed by atoms with Gasteiger partial charge in [-0.15, -0.1) is 21.5 Å². The number of nitrogens with zero attached hydrogens (tertiary/aromatic N) is 3. The standard InChI is InChI=1S/C24H21ClN4O2S2/c1-14-4-7-17(12-19(14)25)27-21(30)13-32-22-11-10-20(28-29-22)23-15(2)26-24(33-23)16-5-8-18(31-3)9-6-16/h4-12H,13H2,1-3H3,(H,27,30). The average molecular weight is 497 g/mol. The molecule has 1 amide bonds. The lowest BCUT2D eigenvalue weighted by atomic mass is 10.2. The first-order chi connectivity index (χ1) is 15.9. The molecular weight excluding hydrogens is 476 g/mol. The van der Waals surface area contributed by atoms with Gasteiger partial charge >= 0.3 is 0 Å². The number of halogens is 1. The van der Waals surface area contributed by atoms with Crippen molar-refractivity contribution in [2.45, 2.75) is 18.9 Å². The Bertz CT molecular complexity index is 1270. The molecule has 4 rings (SSSR count). The molecule has 0 atom stereocenters. The van der Waals surface area contributed by atoms with Crippen molar-refractivity contribution in [3.05, 3.63) is 70.9 Å². The van der Waals surface area contributed by atoms with Gasteiger partial charge in [0.15, 0.2) is 0 Å². The first-order valence-electron chi connectivity index (χ1n) is 10.1. The molecule has 0 unspecified atom stereocenters. The van der Waals surface area contributed by atoms with E-state index in [4.69, 9.17) is 16.3 Å². The molecule has 2 aromatic heterocycles. The zero-order valence-corrected chi connectivity index (χ0v) is 20.6. The largest absolute Gasteiger partial charge is 0.497 e. The highest BCUT2D eigenvalue weighted by molar-refractivity contribution is 7.99. The number of rotatable bonds is 7. The van der Waals surface area contributed by atoms with Gasteiger partial charge in [-0.25, -0.2) is 4.98 Å². The number of hydrogen-bond acceptors (Lipinski definition) is 7. The molecule has 168 valence electrons. The monoisotopic (exact) mass is 496 g/mol. The Morgan fingerprint density at radius 2 is 1.88 bits per heavy atom. The van der Waals surface area contributed by atoms with E-state index in [1.807, 2.05) is 62.4 Å². The Balaban J connectivity index is 1.39. The summed E-state index contributed by atoms with van der Waals surface area (Å²) in [5, 5.41) is 13.7. The van der Waals surface area contributed by atoms with Gasteiger partial charge in [-0.2, -0.15) is 0 Å². The molecule has 6 nitrogen and oxygen atoms in total. The first kappa shape index (κ1) is 23.2. The zero-order chi connectivity index (χ0) is 23.4. The fraction of sp³-hybridized carbons (Fsp3) is 0.167. The number of carbonyl (C=O) groups is 1. The number of anilines is 1. The van der Waals surface area contributed by atoms with E-state index in [0.717, 1.165) is 38.1 Å². The SMILES string of the molecule is COc1ccc(-c2nc(C)c(-c3ccc(SCC(=O)Nc4ccc(C)c(Cl)c4)nn3)s2)cc1. The highest BCUT2D eigenvalue weighted by atomic mass is 35.5. The number of amides is 1. The summed E-state index contributed by atoms with van der Waals surface area (Å²) in [6, 6.07) is 17.0. The van der Waals surface area contributed by atoms with Crippen molar-refractivity contribution in [3.8, 4) is 26.9 Å². The van der Waals surface area contributed by atoms with Gasteiger partial charge in [0, 0.05) is 16.3 Å². The maximum absolute atomic E-state index is 12.3. The van der Waals surface area contributed by atoms with Crippen LogP contribution in [-0.4, -0.2) is 34.0 Å². The van der Waals surface area contributed by atoms with Crippen LogP contribution < -0.4 is 10.1 Å². The van der Waals surface area contributed by atoms with Crippen molar-refractivity contribution in [2.75, 3.05) is 18.2 Å². The molecule has 0 fully saturated rings. The van der Waals surface area contributed by atoms with Gasteiger partial charge in [-0.1, -0.05) is 29.4 Å². The highest BCUT2D eigenvalue weighted by Gasteiger charge is 2.14. The van der Waals surface area contributed by atoms with Gasteiger partial charge in [-0.05, 0) is 67.9 Å². The summed E-state index contributed by atoms with van der Waals surface area (Å²) in [7, 11) is 1.65. The molecule has 0 spiro atoms. The third-order valence-electron chi connectivity index (χ3n) is 4.81. The zero-order valence-electron chi connectivity index (χ0n) is 18.3. The van der Waals surface area contributed by atoms with Crippen molar-refractivity contribution >= 4 is 46.3 Å². The minimum Gasteiger partial charge on any atom is -0.497 e. The van der Waals surface area contributed by atoms with Gasteiger partial charge in [0.1, 0.15) is 21.5 Å². The molecular formula is C24H21ClN4O2S2. The Kier molecular flexibility index (Phi) is 7.27. The predicted molar refractivity (Wildman–Crippen MR) is 135 cm³/mol. The smallest absolute Gasteiger partial charge is 0.234 e. The molecule has 2 aromatic carbocycles. The lowest BCUT2D eigenvalue weighted by molar-refractivity contribution is -0.113. The van der Waals surface area contributed by atoms with Crippen LogP contribution in [0.1, 0.15) is 11.3 Å². The normalized spacial score (nSPS) is 10.8. The first-order valence-corrected chi connectivity index (χ1v) is 12.3. The molecule has 4 aromatic rings. The lowest BCUT2D eigenvalue weighted by Gasteiger charge is -2.06. The summed E-state index contributed by atoms with van der Waals surface area (Å²) >= 11 is 9.01. The van der Waals surface area contributed by atoms with Crippen molar-refractivity contribution in [1.82, 2.24) is 15.2 Å². The number of aromatic nitrogens is 3. The molecule has 2 heterocycles. The van der Waals surface area contributed by atoms with Gasteiger partial charge < -0.3 is 10.1 Å². The Morgan fingerprint density at radius 3 is 2.55 bits per heavy atom. The van der Waals surface area contributed by atoms with Crippen molar-refractivity contribution < 1.29 is 9.53 Å². The summed E-state index contributed by atoms with van der Waals surface area (Å²) < 4.78 is 5.22. The molecule has 0 radical (unpaired) electrons. The average Bonchev–Trinajstić information content (AvgIpc) is 3.22. The minimum atomic E-state index is -0.131. The van der Waals surface area contributed by atoms with E-state index in [2.05, 4.69) is 20.5 Å². The third kappa shape index (κ3) is 5.71. The maximum Gasteiger partial charge on any atom is 0.234 e. The van der Waals surface area contributed by atoms with Crippen molar-refractivity contribution in [1.29, 1.82) is 0 Å². The van der Waals surface area contributed by atoms with Crippen LogP contribution in [0, 0.1) is 13.8 Å². The van der Waals surface area contributed by atoms with E-state index in [1.54, 1.807) is 24.5 Å². The summed E-state index contributed by atoms with van der Waals surface area (Å²) in [6.45, 7) is 3.88. The van der Waals surface area contributed by atoms with Crippen LogP contribution in [0.3, 0.4) is 0 Å². The van der Waals surface area contributed by atoms with Gasteiger partial charge in [-0.3, -0.25) is 4.79 Å². The number of carbonyl (C=O) groups excluding carboxylic acids is 1. The second-order valence-corrected chi connectivity index (χ2v) is 9.62. The summed E-state index contributed by atoms with van der Waals surface area (Å²) in [5.41, 5.74) is 4.32.